The molecule has 1 aliphatic carbocycles. The van der Waals surface area contributed by atoms with Gasteiger partial charge in [0.15, 0.2) is 15.7 Å². The topological polar surface area (TPSA) is 152 Å². The minimum atomic E-state index is -3.56. The van der Waals surface area contributed by atoms with Gasteiger partial charge in [0.2, 0.25) is 0 Å². The maximum absolute atomic E-state index is 13.5. The molecule has 12 nitrogen and oxygen atoms in total. The predicted molar refractivity (Wildman–Crippen MR) is 152 cm³/mol. The van der Waals surface area contributed by atoms with Crippen molar-refractivity contribution in [3.05, 3.63) is 48.4 Å². The van der Waals surface area contributed by atoms with Gasteiger partial charge in [-0.05, 0) is 56.9 Å². The van der Waals surface area contributed by atoms with Crippen molar-refractivity contribution in [1.29, 1.82) is 0 Å². The Morgan fingerprint density at radius 1 is 1.18 bits per heavy atom. The summed E-state index contributed by atoms with van der Waals surface area (Å²) < 4.78 is 33.2. The third kappa shape index (κ3) is 5.67. The molecule has 3 N–H and O–H groups in total. The first-order valence-corrected chi connectivity index (χ1v) is 15.1. The molecule has 5 rings (SSSR count). The molecule has 40 heavy (non-hydrogen) atoms. The number of nitrogens with one attached hydrogen (secondary N) is 2. The van der Waals surface area contributed by atoms with Crippen molar-refractivity contribution in [2.24, 2.45) is 7.05 Å². The van der Waals surface area contributed by atoms with Crippen molar-refractivity contribution in [2.45, 2.75) is 43.4 Å². The van der Waals surface area contributed by atoms with Crippen LogP contribution in [0.5, 0.6) is 0 Å². The molecule has 1 atom stereocenters. The average molecular weight is 570 g/mol. The van der Waals surface area contributed by atoms with Crippen molar-refractivity contribution >= 4 is 33.1 Å². The summed E-state index contributed by atoms with van der Waals surface area (Å²) >= 11 is 0. The summed E-state index contributed by atoms with van der Waals surface area (Å²) in [4.78, 5) is 24.2. The number of morpholine rings is 1. The van der Waals surface area contributed by atoms with Gasteiger partial charge >= 0.3 is 6.03 Å². The number of aryl methyl sites for hydroxylation is 1. The highest BCUT2D eigenvalue weighted by atomic mass is 32.2. The van der Waals surface area contributed by atoms with Crippen molar-refractivity contribution in [3.63, 3.8) is 0 Å². The van der Waals surface area contributed by atoms with Crippen molar-refractivity contribution in [2.75, 3.05) is 47.7 Å². The van der Waals surface area contributed by atoms with E-state index in [-0.39, 0.29) is 24.8 Å². The Morgan fingerprint density at radius 2 is 1.93 bits per heavy atom. The molecule has 1 aromatic carbocycles. The lowest BCUT2D eigenvalue weighted by molar-refractivity contribution is 0.0985. The van der Waals surface area contributed by atoms with Gasteiger partial charge in [-0.25, -0.2) is 23.2 Å². The van der Waals surface area contributed by atoms with Crippen LogP contribution in [0.15, 0.2) is 42.7 Å². The molecular weight excluding hydrogens is 534 g/mol. The van der Waals surface area contributed by atoms with Crippen LogP contribution in [0.1, 0.15) is 38.3 Å². The second-order valence-corrected chi connectivity index (χ2v) is 12.8. The molecule has 2 aliphatic rings. The fourth-order valence-electron chi connectivity index (χ4n) is 5.17. The molecule has 1 saturated heterocycles. The van der Waals surface area contributed by atoms with Gasteiger partial charge in [-0.15, -0.1) is 0 Å². The number of benzene rings is 1. The van der Waals surface area contributed by atoms with Gasteiger partial charge < -0.3 is 25.4 Å². The Kier molecular flexibility index (Phi) is 8.06. The molecule has 2 aromatic heterocycles. The average Bonchev–Trinajstić information content (AvgIpc) is 3.31. The van der Waals surface area contributed by atoms with Crippen LogP contribution in [0.3, 0.4) is 0 Å². The van der Waals surface area contributed by atoms with Gasteiger partial charge in [-0.2, -0.15) is 5.10 Å². The van der Waals surface area contributed by atoms with Crippen molar-refractivity contribution in [3.8, 4) is 11.4 Å². The molecule has 214 valence electrons. The van der Waals surface area contributed by atoms with E-state index in [1.807, 2.05) is 6.07 Å². The number of carbonyl (C=O) groups is 1. The number of rotatable bonds is 9. The lowest BCUT2D eigenvalue weighted by Gasteiger charge is -2.41. The largest absolute Gasteiger partial charge is 0.396 e. The first-order chi connectivity index (χ1) is 19.2. The van der Waals surface area contributed by atoms with Crippen molar-refractivity contribution in [1.82, 2.24) is 19.7 Å². The lowest BCUT2D eigenvalue weighted by atomic mass is 9.81. The van der Waals surface area contributed by atoms with E-state index in [4.69, 9.17) is 14.7 Å². The second kappa shape index (κ2) is 11.5. The van der Waals surface area contributed by atoms with Crippen LogP contribution in [0.25, 0.3) is 11.4 Å². The maximum Gasteiger partial charge on any atom is 0.323 e. The Balaban J connectivity index is 1.46. The number of nitrogens with zero attached hydrogens (tertiary/aromatic N) is 5. The summed E-state index contributed by atoms with van der Waals surface area (Å²) in [6.07, 6.45) is 5.21. The number of hydrogen-bond donors (Lipinski definition) is 3. The van der Waals surface area contributed by atoms with E-state index in [0.717, 1.165) is 6.42 Å². The molecule has 1 saturated carbocycles. The zero-order valence-corrected chi connectivity index (χ0v) is 23.5. The van der Waals surface area contributed by atoms with Crippen LogP contribution in [0.4, 0.5) is 22.0 Å². The Bertz CT molecular complexity index is 1450. The van der Waals surface area contributed by atoms with Gasteiger partial charge in [-0.3, -0.25) is 4.68 Å². The van der Waals surface area contributed by atoms with Crippen LogP contribution in [-0.2, 0) is 26.4 Å². The fourth-order valence-corrected chi connectivity index (χ4v) is 7.40. The number of aliphatic hydroxyl groups excluding tert-OH is 1. The third-order valence-electron chi connectivity index (χ3n) is 7.53. The molecule has 0 unspecified atom stereocenters. The number of aliphatic hydroxyl groups is 1. The molecule has 0 spiro atoms. The van der Waals surface area contributed by atoms with Crippen LogP contribution in [0, 0.1) is 0 Å². The summed E-state index contributed by atoms with van der Waals surface area (Å²) in [6, 6.07) is 8.60. The van der Waals surface area contributed by atoms with E-state index in [1.54, 1.807) is 48.4 Å². The Hall–Kier alpha value is -3.55. The molecular formula is C27H35N7O5S. The highest BCUT2D eigenvalue weighted by Gasteiger charge is 2.51. The predicted octanol–water partition coefficient (Wildman–Crippen LogP) is 2.92. The fraction of sp³-hybridized carbons (Fsp3) is 0.481. The van der Waals surface area contributed by atoms with Crippen molar-refractivity contribution < 1.29 is 23.1 Å². The van der Waals surface area contributed by atoms with Gasteiger partial charge in [0.25, 0.3) is 0 Å². The maximum atomic E-state index is 13.5. The van der Waals surface area contributed by atoms with Gasteiger partial charge in [-0.1, -0.05) is 0 Å². The van der Waals surface area contributed by atoms with Gasteiger partial charge in [0.1, 0.15) is 10.6 Å². The second-order valence-electron chi connectivity index (χ2n) is 10.4. The molecule has 3 heterocycles. The van der Waals surface area contributed by atoms with E-state index in [9.17, 15) is 18.3 Å². The van der Waals surface area contributed by atoms with Crippen LogP contribution < -0.4 is 15.5 Å². The molecule has 2 fully saturated rings. The number of urea groups is 1. The summed E-state index contributed by atoms with van der Waals surface area (Å²) in [7, 11) is -1.79. The number of aromatic nitrogens is 4. The monoisotopic (exact) mass is 569 g/mol. The Labute approximate surface area is 233 Å². The molecule has 3 aromatic rings. The molecule has 0 bridgehead atoms. The van der Waals surface area contributed by atoms with E-state index < -0.39 is 20.6 Å². The zero-order chi connectivity index (χ0) is 28.3. The number of anilines is 3. The summed E-state index contributed by atoms with van der Waals surface area (Å²) in [5.41, 5.74) is 2.34. The SMILES string of the molecule is C[C@H]1COCCN1c1cc(C2(S(=O)(=O)CCCO)CCC2)nc(-c2ccc(NC(=O)Nc3cnn(C)c3)cc2)n1. The van der Waals surface area contributed by atoms with Crippen LogP contribution in [-0.4, -0.2) is 77.5 Å². The minimum absolute atomic E-state index is 0.0672. The normalized spacial score (nSPS) is 18.7. The summed E-state index contributed by atoms with van der Waals surface area (Å²) in [6.45, 7) is 3.61. The van der Waals surface area contributed by atoms with Gasteiger partial charge in [0.05, 0.1) is 42.6 Å². The Morgan fingerprint density at radius 3 is 2.55 bits per heavy atom. The number of hydrogen-bond acceptors (Lipinski definition) is 9. The number of ether oxygens (including phenoxy) is 1. The zero-order valence-electron chi connectivity index (χ0n) is 22.7. The highest BCUT2D eigenvalue weighted by Crippen LogP contribution is 2.49. The summed E-state index contributed by atoms with van der Waals surface area (Å²) in [5, 5.41) is 18.9. The lowest BCUT2D eigenvalue weighted by Crippen LogP contribution is -2.46. The molecule has 1 aliphatic heterocycles. The summed E-state index contributed by atoms with van der Waals surface area (Å²) in [5.74, 6) is 0.992. The third-order valence-corrected chi connectivity index (χ3v) is 10.2. The van der Waals surface area contributed by atoms with E-state index in [2.05, 4.69) is 27.6 Å². The standard InChI is InChI=1S/C27H35N7O5S/c1-19-18-39-13-11-34(19)24-15-23(27(9-3-10-27)40(37,38)14-4-12-35)31-25(32-24)20-5-7-21(8-6-20)29-26(36)30-22-16-28-33(2)17-22/h5-8,15-17,19,35H,3-4,9-14,18H2,1-2H3,(H2,29,30,36)/t19-/m0/s1. The molecule has 0 radical (unpaired) electrons. The molecule has 13 heteroatoms. The first-order valence-electron chi connectivity index (χ1n) is 13.4. The van der Waals surface area contributed by atoms with Gasteiger partial charge in [0, 0.05) is 43.7 Å². The van der Waals surface area contributed by atoms with E-state index >= 15 is 0 Å². The first kappa shape index (κ1) is 28.0. The molecule has 2 amide bonds. The quantitative estimate of drug-likeness (QED) is 0.353. The van der Waals surface area contributed by atoms with Crippen LogP contribution >= 0.6 is 0 Å². The number of sulfone groups is 1. The highest BCUT2D eigenvalue weighted by molar-refractivity contribution is 7.92. The minimum Gasteiger partial charge on any atom is -0.396 e. The van der Waals surface area contributed by atoms with Crippen LogP contribution in [0.2, 0.25) is 0 Å². The number of carbonyl (C=O) groups excluding carboxylic acids is 1. The van der Waals surface area contributed by atoms with E-state index in [0.29, 0.717) is 66.9 Å². The smallest absolute Gasteiger partial charge is 0.323 e. The number of amides is 2. The van der Waals surface area contributed by atoms with E-state index in [1.165, 1.54) is 0 Å².